The van der Waals surface area contributed by atoms with Gasteiger partial charge in [-0.25, -0.2) is 14.5 Å². The summed E-state index contributed by atoms with van der Waals surface area (Å²) in [5, 5.41) is 14.5. The molecule has 4 rings (SSSR count). The van der Waals surface area contributed by atoms with Gasteiger partial charge in [0.15, 0.2) is 0 Å². The Hall–Kier alpha value is -2.76. The van der Waals surface area contributed by atoms with Gasteiger partial charge in [0.2, 0.25) is 0 Å². The molecule has 2 saturated heterocycles. The fourth-order valence-corrected chi connectivity index (χ4v) is 4.26. The molecule has 8 nitrogen and oxygen atoms in total. The highest BCUT2D eigenvalue weighted by Gasteiger charge is 2.37. The standard InChI is InChI=1S/C25H32ClN5O3/c1-24(2,3)34-23(33)30-10-7-22(30)31-16-18(14-28-31)5-6-19-15-27-21(26)13-20(19)29-11-8-25(4,17-32)9-12-29/h13-16,22,32H,7-12,17H2,1-4H3. The van der Waals surface area contributed by atoms with Gasteiger partial charge in [-0.3, -0.25) is 4.90 Å². The molecular formula is C25H32ClN5O3. The molecule has 0 bridgehead atoms. The first kappa shape index (κ1) is 24.4. The Morgan fingerprint density at radius 1 is 1.26 bits per heavy atom. The highest BCUT2D eigenvalue weighted by molar-refractivity contribution is 6.29. The molecule has 1 unspecified atom stereocenters. The van der Waals surface area contributed by atoms with Crippen LogP contribution in [-0.2, 0) is 4.74 Å². The van der Waals surface area contributed by atoms with Gasteiger partial charge in [-0.05, 0) is 39.0 Å². The Bertz CT molecular complexity index is 1110. The third-order valence-electron chi connectivity index (χ3n) is 6.41. The number of halogens is 1. The number of likely N-dealkylation sites (tertiary alicyclic amines) is 1. The fraction of sp³-hybridized carbons (Fsp3) is 0.560. The molecule has 182 valence electrons. The van der Waals surface area contributed by atoms with Gasteiger partial charge in [-0.1, -0.05) is 30.4 Å². The molecule has 2 aliphatic rings. The van der Waals surface area contributed by atoms with E-state index in [1.54, 1.807) is 22.0 Å². The summed E-state index contributed by atoms with van der Waals surface area (Å²) in [7, 11) is 0. The quantitative estimate of drug-likeness (QED) is 0.521. The maximum absolute atomic E-state index is 12.4. The smallest absolute Gasteiger partial charge is 0.412 e. The average molecular weight is 486 g/mol. The largest absolute Gasteiger partial charge is 0.444 e. The van der Waals surface area contributed by atoms with Crippen molar-refractivity contribution in [2.24, 2.45) is 5.41 Å². The van der Waals surface area contributed by atoms with Gasteiger partial charge < -0.3 is 14.7 Å². The molecule has 0 spiro atoms. The molecular weight excluding hydrogens is 454 g/mol. The van der Waals surface area contributed by atoms with Crippen LogP contribution < -0.4 is 4.90 Å². The topological polar surface area (TPSA) is 83.7 Å². The van der Waals surface area contributed by atoms with E-state index in [0.29, 0.717) is 11.7 Å². The number of aromatic nitrogens is 3. The van der Waals surface area contributed by atoms with Gasteiger partial charge in [-0.2, -0.15) is 5.10 Å². The van der Waals surface area contributed by atoms with Crippen LogP contribution in [0.25, 0.3) is 0 Å². The SMILES string of the molecule is CC1(CO)CCN(c2cc(Cl)ncc2C#Cc2cnn(C3CCN3C(=O)OC(C)(C)C)c2)CC1. The summed E-state index contributed by atoms with van der Waals surface area (Å²) in [6, 6.07) is 1.85. The van der Waals surface area contributed by atoms with Crippen LogP contribution in [0.4, 0.5) is 10.5 Å². The summed E-state index contributed by atoms with van der Waals surface area (Å²) in [5.41, 5.74) is 1.93. The van der Waals surface area contributed by atoms with E-state index < -0.39 is 5.60 Å². The zero-order valence-electron chi connectivity index (χ0n) is 20.2. The second-order valence-corrected chi connectivity index (χ2v) is 10.8. The minimum Gasteiger partial charge on any atom is -0.444 e. The summed E-state index contributed by atoms with van der Waals surface area (Å²) < 4.78 is 7.25. The van der Waals surface area contributed by atoms with E-state index in [4.69, 9.17) is 16.3 Å². The van der Waals surface area contributed by atoms with Gasteiger partial charge in [-0.15, -0.1) is 0 Å². The van der Waals surface area contributed by atoms with E-state index in [2.05, 4.69) is 33.7 Å². The van der Waals surface area contributed by atoms with Gasteiger partial charge in [0, 0.05) is 51.1 Å². The molecule has 0 saturated carbocycles. The van der Waals surface area contributed by atoms with E-state index >= 15 is 0 Å². The van der Waals surface area contributed by atoms with Crippen molar-refractivity contribution in [3.05, 3.63) is 40.9 Å². The number of ether oxygens (including phenoxy) is 1. The Balaban J connectivity index is 1.48. The summed E-state index contributed by atoms with van der Waals surface area (Å²) in [5.74, 6) is 6.40. The monoisotopic (exact) mass is 485 g/mol. The van der Waals surface area contributed by atoms with Crippen molar-refractivity contribution in [3.8, 4) is 11.8 Å². The first-order chi connectivity index (χ1) is 16.1. The molecule has 1 N–H and O–H groups in total. The summed E-state index contributed by atoms with van der Waals surface area (Å²) in [4.78, 5) is 20.6. The number of amides is 1. The van der Waals surface area contributed by atoms with Crippen LogP contribution in [0.3, 0.4) is 0 Å². The van der Waals surface area contributed by atoms with Crippen LogP contribution >= 0.6 is 11.6 Å². The van der Waals surface area contributed by atoms with Crippen LogP contribution in [0.5, 0.6) is 0 Å². The van der Waals surface area contributed by atoms with Crippen LogP contribution in [0.1, 0.15) is 64.3 Å². The molecule has 1 amide bonds. The van der Waals surface area contributed by atoms with Crippen LogP contribution in [0.2, 0.25) is 5.15 Å². The molecule has 2 fully saturated rings. The number of pyridine rings is 1. The second kappa shape index (κ2) is 9.47. The molecule has 0 aromatic carbocycles. The van der Waals surface area contributed by atoms with Crippen molar-refractivity contribution >= 4 is 23.4 Å². The molecule has 2 aliphatic heterocycles. The summed E-state index contributed by atoms with van der Waals surface area (Å²) >= 11 is 6.19. The van der Waals surface area contributed by atoms with Crippen LogP contribution in [0, 0.1) is 17.3 Å². The van der Waals surface area contributed by atoms with Crippen molar-refractivity contribution in [2.45, 2.75) is 58.7 Å². The number of carbonyl (C=O) groups is 1. The number of aliphatic hydroxyl groups excluding tert-OH is 1. The lowest BCUT2D eigenvalue weighted by molar-refractivity contribution is -0.0256. The summed E-state index contributed by atoms with van der Waals surface area (Å²) in [6.45, 7) is 10.2. The zero-order valence-corrected chi connectivity index (χ0v) is 21.0. The number of aliphatic hydroxyl groups is 1. The minimum absolute atomic E-state index is 0.0392. The molecule has 2 aromatic heterocycles. The zero-order chi connectivity index (χ0) is 24.5. The highest BCUT2D eigenvalue weighted by atomic mass is 35.5. The Morgan fingerprint density at radius 2 is 2.00 bits per heavy atom. The maximum atomic E-state index is 12.4. The Kier molecular flexibility index (Phi) is 6.79. The predicted molar refractivity (Wildman–Crippen MR) is 131 cm³/mol. The van der Waals surface area contributed by atoms with Crippen molar-refractivity contribution < 1.29 is 14.6 Å². The van der Waals surface area contributed by atoms with Crippen molar-refractivity contribution in [1.29, 1.82) is 0 Å². The number of piperidine rings is 1. The van der Waals surface area contributed by atoms with Gasteiger partial charge >= 0.3 is 6.09 Å². The van der Waals surface area contributed by atoms with Crippen LogP contribution in [-0.4, -0.2) is 62.7 Å². The lowest BCUT2D eigenvalue weighted by atomic mass is 9.81. The van der Waals surface area contributed by atoms with E-state index in [1.165, 1.54) is 0 Å². The number of anilines is 1. The van der Waals surface area contributed by atoms with Crippen LogP contribution in [0.15, 0.2) is 24.7 Å². The second-order valence-electron chi connectivity index (χ2n) is 10.4. The van der Waals surface area contributed by atoms with Gasteiger partial charge in [0.25, 0.3) is 0 Å². The number of carbonyl (C=O) groups excluding carboxylic acids is 1. The average Bonchev–Trinajstić information content (AvgIpc) is 3.19. The first-order valence-corrected chi connectivity index (χ1v) is 12.0. The number of nitrogens with zero attached hydrogens (tertiary/aromatic N) is 5. The minimum atomic E-state index is -0.534. The molecule has 9 heteroatoms. The van der Waals surface area contributed by atoms with E-state index in [9.17, 15) is 9.90 Å². The molecule has 0 aliphatic carbocycles. The number of rotatable bonds is 3. The molecule has 1 atom stereocenters. The van der Waals surface area contributed by atoms with Gasteiger partial charge in [0.05, 0.1) is 23.0 Å². The van der Waals surface area contributed by atoms with Gasteiger partial charge in [0.1, 0.15) is 16.9 Å². The van der Waals surface area contributed by atoms with Crippen molar-refractivity contribution in [1.82, 2.24) is 19.7 Å². The fourth-order valence-electron chi connectivity index (χ4n) is 4.11. The Labute approximate surface area is 205 Å². The van der Waals surface area contributed by atoms with Crippen molar-refractivity contribution in [3.63, 3.8) is 0 Å². The molecule has 34 heavy (non-hydrogen) atoms. The Morgan fingerprint density at radius 3 is 2.62 bits per heavy atom. The number of hydrogen-bond acceptors (Lipinski definition) is 6. The van der Waals surface area contributed by atoms with E-state index in [0.717, 1.165) is 49.2 Å². The maximum Gasteiger partial charge on any atom is 0.412 e. The van der Waals surface area contributed by atoms with E-state index in [1.807, 2.05) is 33.0 Å². The number of hydrogen-bond donors (Lipinski definition) is 1. The lowest BCUT2D eigenvalue weighted by Crippen LogP contribution is -2.49. The van der Waals surface area contributed by atoms with E-state index in [-0.39, 0.29) is 24.3 Å². The predicted octanol–water partition coefficient (Wildman–Crippen LogP) is 4.07. The normalized spacial score (nSPS) is 19.8. The summed E-state index contributed by atoms with van der Waals surface area (Å²) in [6.07, 6.45) is 7.39. The molecule has 0 radical (unpaired) electrons. The lowest BCUT2D eigenvalue weighted by Gasteiger charge is -2.41. The third-order valence-corrected chi connectivity index (χ3v) is 6.61. The molecule has 2 aromatic rings. The first-order valence-electron chi connectivity index (χ1n) is 11.6. The third kappa shape index (κ3) is 5.48. The molecule has 4 heterocycles. The highest BCUT2D eigenvalue weighted by Crippen LogP contribution is 2.34. The van der Waals surface area contributed by atoms with Crippen molar-refractivity contribution in [2.75, 3.05) is 31.1 Å².